The van der Waals surface area contributed by atoms with Gasteiger partial charge in [0.05, 0.1) is 12.0 Å². The molecule has 1 unspecified atom stereocenters. The summed E-state index contributed by atoms with van der Waals surface area (Å²) in [6.07, 6.45) is 0.236. The van der Waals surface area contributed by atoms with E-state index in [1.165, 1.54) is 10.5 Å². The van der Waals surface area contributed by atoms with Crippen LogP contribution in [0.15, 0.2) is 29.2 Å². The smallest absolute Gasteiger partial charge is 0.0975 e. The molecule has 14 heavy (non-hydrogen) atoms. The minimum Gasteiger partial charge on any atom is -0.362 e. The van der Waals surface area contributed by atoms with Gasteiger partial charge < -0.3 is 4.74 Å². The van der Waals surface area contributed by atoms with Crippen molar-refractivity contribution in [3.05, 3.63) is 29.8 Å². The minimum atomic E-state index is 0.178. The lowest BCUT2D eigenvalue weighted by atomic mass is 9.84. The molecule has 0 N–H and O–H groups in total. The number of hydrogen-bond acceptors (Lipinski definition) is 2. The minimum absolute atomic E-state index is 0.178. The van der Waals surface area contributed by atoms with Crippen molar-refractivity contribution in [3.8, 4) is 0 Å². The van der Waals surface area contributed by atoms with Gasteiger partial charge in [-0.1, -0.05) is 50.7 Å². The summed E-state index contributed by atoms with van der Waals surface area (Å²) in [5.41, 5.74) is 1.52. The van der Waals surface area contributed by atoms with Crippen LogP contribution in [0.25, 0.3) is 0 Å². The van der Waals surface area contributed by atoms with Gasteiger partial charge in [0, 0.05) is 4.90 Å². The molecular weight excluding hydrogens is 192 g/mol. The summed E-state index contributed by atoms with van der Waals surface area (Å²) in [6, 6.07) is 8.54. The number of rotatable bonds is 0. The highest BCUT2D eigenvalue weighted by Gasteiger charge is 2.31. The second kappa shape index (κ2) is 3.59. The fraction of sp³-hybridized carbons (Fsp3) is 0.500. The van der Waals surface area contributed by atoms with Crippen LogP contribution in [-0.4, -0.2) is 5.94 Å². The van der Waals surface area contributed by atoms with Crippen LogP contribution in [0.3, 0.4) is 0 Å². The maximum absolute atomic E-state index is 5.83. The maximum atomic E-state index is 5.83. The number of hydrogen-bond donors (Lipinski definition) is 0. The number of ether oxygens (including phenoxy) is 1. The molecule has 0 radical (unpaired) electrons. The zero-order valence-electron chi connectivity index (χ0n) is 8.91. The van der Waals surface area contributed by atoms with Crippen molar-refractivity contribution in [3.63, 3.8) is 0 Å². The molecule has 1 aliphatic heterocycles. The molecule has 0 aromatic heterocycles. The summed E-state index contributed by atoms with van der Waals surface area (Å²) in [6.45, 7) is 6.68. The van der Waals surface area contributed by atoms with Crippen LogP contribution in [-0.2, 0) is 4.74 Å². The largest absolute Gasteiger partial charge is 0.362 e. The van der Waals surface area contributed by atoms with Crippen molar-refractivity contribution in [1.29, 1.82) is 0 Å². The van der Waals surface area contributed by atoms with E-state index in [2.05, 4.69) is 45.0 Å². The van der Waals surface area contributed by atoms with E-state index < -0.39 is 0 Å². The Bertz CT molecular complexity index is 327. The van der Waals surface area contributed by atoms with Crippen LogP contribution < -0.4 is 0 Å². The van der Waals surface area contributed by atoms with E-state index in [4.69, 9.17) is 4.74 Å². The highest BCUT2D eigenvalue weighted by molar-refractivity contribution is 7.99. The van der Waals surface area contributed by atoms with Crippen LogP contribution in [0.1, 0.15) is 32.4 Å². The molecule has 1 nitrogen and oxygen atoms in total. The van der Waals surface area contributed by atoms with Crippen molar-refractivity contribution < 1.29 is 4.74 Å². The first kappa shape index (κ1) is 10.1. The quantitative estimate of drug-likeness (QED) is 0.640. The monoisotopic (exact) mass is 208 g/mol. The second-order valence-electron chi connectivity index (χ2n) is 4.71. The highest BCUT2D eigenvalue weighted by atomic mass is 32.2. The molecule has 0 saturated carbocycles. The van der Waals surface area contributed by atoms with Crippen LogP contribution in [0, 0.1) is 5.41 Å². The Labute approximate surface area is 89.9 Å². The molecule has 0 spiro atoms. The van der Waals surface area contributed by atoms with Crippen LogP contribution in [0.5, 0.6) is 0 Å². The van der Waals surface area contributed by atoms with E-state index in [1.807, 2.05) is 0 Å². The zero-order valence-corrected chi connectivity index (χ0v) is 9.73. The molecule has 2 heteroatoms. The standard InChI is InChI=1S/C12H16OS/c1-12(2,3)11-9-6-4-5-7-10(9)14-8-13-11/h4-7,11H,8H2,1-3H3. The van der Waals surface area contributed by atoms with Gasteiger partial charge in [0.1, 0.15) is 0 Å². The van der Waals surface area contributed by atoms with Gasteiger partial charge in [0.25, 0.3) is 0 Å². The third-order valence-corrected chi connectivity index (χ3v) is 3.37. The molecule has 1 atom stereocenters. The summed E-state index contributed by atoms with van der Waals surface area (Å²) in [5.74, 6) is 0.777. The normalized spacial score (nSPS) is 21.8. The summed E-state index contributed by atoms with van der Waals surface area (Å²) in [5, 5.41) is 0. The Morgan fingerprint density at radius 1 is 1.29 bits per heavy atom. The van der Waals surface area contributed by atoms with Crippen LogP contribution in [0.4, 0.5) is 0 Å². The fourth-order valence-corrected chi connectivity index (χ4v) is 2.65. The Morgan fingerprint density at radius 3 is 2.71 bits per heavy atom. The summed E-state index contributed by atoms with van der Waals surface area (Å²) < 4.78 is 5.83. The van der Waals surface area contributed by atoms with Gasteiger partial charge in [0.15, 0.2) is 0 Å². The lowest BCUT2D eigenvalue weighted by Crippen LogP contribution is -2.24. The van der Waals surface area contributed by atoms with Gasteiger partial charge >= 0.3 is 0 Å². The van der Waals surface area contributed by atoms with Crippen molar-refractivity contribution in [2.75, 3.05) is 5.94 Å². The molecular formula is C12H16OS. The van der Waals surface area contributed by atoms with E-state index in [-0.39, 0.29) is 11.5 Å². The van der Waals surface area contributed by atoms with Gasteiger partial charge in [-0.3, -0.25) is 0 Å². The zero-order chi connectivity index (χ0) is 10.2. The van der Waals surface area contributed by atoms with Gasteiger partial charge in [0.2, 0.25) is 0 Å². The molecule has 1 aromatic carbocycles. The van der Waals surface area contributed by atoms with Gasteiger partial charge in [-0.2, -0.15) is 0 Å². The molecule has 0 bridgehead atoms. The summed E-state index contributed by atoms with van der Waals surface area (Å²) in [7, 11) is 0. The molecule has 2 rings (SSSR count). The Morgan fingerprint density at radius 2 is 2.00 bits per heavy atom. The predicted molar refractivity (Wildman–Crippen MR) is 60.4 cm³/mol. The Kier molecular flexibility index (Phi) is 2.58. The number of benzene rings is 1. The molecule has 0 fully saturated rings. The first-order valence-electron chi connectivity index (χ1n) is 4.92. The van der Waals surface area contributed by atoms with Crippen LogP contribution in [0.2, 0.25) is 0 Å². The third-order valence-electron chi connectivity index (χ3n) is 2.44. The summed E-state index contributed by atoms with van der Waals surface area (Å²) >= 11 is 1.79. The van der Waals surface area contributed by atoms with E-state index in [0.29, 0.717) is 0 Å². The predicted octanol–water partition coefficient (Wildman–Crippen LogP) is 3.85. The third kappa shape index (κ3) is 1.82. The molecule has 1 aromatic rings. The van der Waals surface area contributed by atoms with E-state index in [1.54, 1.807) is 11.8 Å². The topological polar surface area (TPSA) is 9.23 Å². The fourth-order valence-electron chi connectivity index (χ4n) is 1.80. The molecule has 0 amide bonds. The second-order valence-corrected chi connectivity index (χ2v) is 5.68. The Balaban J connectivity index is 2.41. The van der Waals surface area contributed by atoms with Crippen molar-refractivity contribution in [1.82, 2.24) is 0 Å². The van der Waals surface area contributed by atoms with Crippen molar-refractivity contribution in [2.24, 2.45) is 5.41 Å². The van der Waals surface area contributed by atoms with Crippen molar-refractivity contribution >= 4 is 11.8 Å². The van der Waals surface area contributed by atoms with Gasteiger partial charge in [-0.25, -0.2) is 0 Å². The van der Waals surface area contributed by atoms with Gasteiger partial charge in [-0.05, 0) is 17.0 Å². The SMILES string of the molecule is CC(C)(C)C1OCSc2ccccc21. The van der Waals surface area contributed by atoms with E-state index >= 15 is 0 Å². The van der Waals surface area contributed by atoms with E-state index in [9.17, 15) is 0 Å². The average molecular weight is 208 g/mol. The first-order chi connectivity index (χ1) is 6.59. The molecule has 1 aliphatic rings. The van der Waals surface area contributed by atoms with E-state index in [0.717, 1.165) is 5.94 Å². The molecule has 76 valence electrons. The number of fused-ring (bicyclic) bond motifs is 1. The van der Waals surface area contributed by atoms with Crippen LogP contribution >= 0.6 is 11.8 Å². The first-order valence-corrected chi connectivity index (χ1v) is 5.91. The molecule has 1 heterocycles. The molecule has 0 aliphatic carbocycles. The molecule has 0 saturated heterocycles. The lowest BCUT2D eigenvalue weighted by molar-refractivity contribution is 0.000621. The van der Waals surface area contributed by atoms with Crippen molar-refractivity contribution in [2.45, 2.75) is 31.8 Å². The maximum Gasteiger partial charge on any atom is 0.0975 e. The summed E-state index contributed by atoms with van der Waals surface area (Å²) in [4.78, 5) is 1.37. The highest BCUT2D eigenvalue weighted by Crippen LogP contribution is 2.44. The lowest BCUT2D eigenvalue weighted by Gasteiger charge is -2.35. The van der Waals surface area contributed by atoms with Gasteiger partial charge in [-0.15, -0.1) is 0 Å². The number of thioether (sulfide) groups is 1. The Hall–Kier alpha value is -0.470. The average Bonchev–Trinajstić information content (AvgIpc) is 2.15.